The Bertz CT molecular complexity index is 1570. The maximum atomic E-state index is 13.2. The largest absolute Gasteiger partial charge is 0.543 e. The predicted octanol–water partition coefficient (Wildman–Crippen LogP) is -1.84. The molecule has 0 aromatic carbocycles. The highest BCUT2D eigenvalue weighted by Crippen LogP contribution is 2.40. The van der Waals surface area contributed by atoms with Crippen molar-refractivity contribution in [3.8, 4) is 0 Å². The second-order valence-corrected chi connectivity index (χ2v) is 11.1. The lowest BCUT2D eigenvalue weighted by Crippen LogP contribution is -2.71. The molecule has 42 heavy (non-hydrogen) atoms. The standard InChI is InChI=1S/C24H27FN10O5S2/c1-27-6-3-8-34-12-28-19-14(34)4-2-7-33(19)10-13-11-41-22-16(21(37)35(22)17(13)23(38)39)29-20(36)15(31-40-9-5-25)18-30-24(26)42-32-18/h2,4,7,12,16,22,27H,3,5-6,8-11H2,1H3,(H3-,26,29,30,32,36,38,39)/b31-15-. The minimum atomic E-state index is -1.50. The molecule has 5 rings (SSSR count). The second kappa shape index (κ2) is 12.8. The number of halogens is 1. The summed E-state index contributed by atoms with van der Waals surface area (Å²) < 4.78 is 20.3. The van der Waals surface area contributed by atoms with Crippen LogP contribution in [0.2, 0.25) is 0 Å². The molecule has 2 aliphatic heterocycles. The van der Waals surface area contributed by atoms with Crippen LogP contribution in [-0.4, -0.2) is 91.3 Å². The number of pyridine rings is 1. The number of hydrogen-bond acceptors (Lipinski definition) is 13. The molecule has 5 heterocycles. The quantitative estimate of drug-likeness (QED) is 0.0640. The van der Waals surface area contributed by atoms with E-state index in [9.17, 15) is 23.9 Å². The minimum absolute atomic E-state index is 0.0649. The predicted molar refractivity (Wildman–Crippen MR) is 148 cm³/mol. The van der Waals surface area contributed by atoms with E-state index in [1.54, 1.807) is 12.5 Å². The number of nitrogens with zero attached hydrogens (tertiary/aromatic N) is 7. The number of rotatable bonds is 13. The first kappa shape index (κ1) is 29.3. The third-order valence-electron chi connectivity index (χ3n) is 6.56. The number of β-lactam (4-membered cyclic amide) rings is 1. The minimum Gasteiger partial charge on any atom is -0.543 e. The van der Waals surface area contributed by atoms with Crippen LogP contribution >= 0.6 is 23.3 Å². The molecule has 0 bridgehead atoms. The smallest absolute Gasteiger partial charge is 0.349 e. The second-order valence-electron chi connectivity index (χ2n) is 9.26. The number of carboxylic acid groups (broad SMARTS) is 1. The Hall–Kier alpha value is -4.16. The van der Waals surface area contributed by atoms with Crippen molar-refractivity contribution in [1.82, 2.24) is 34.4 Å². The summed E-state index contributed by atoms with van der Waals surface area (Å²) in [7, 11) is 1.89. The number of fused-ring (bicyclic) bond motifs is 2. The van der Waals surface area contributed by atoms with Crippen molar-refractivity contribution >= 4 is 63.1 Å². The zero-order valence-electron chi connectivity index (χ0n) is 22.4. The number of oxime groups is 1. The molecule has 4 N–H and O–H groups in total. The fourth-order valence-electron chi connectivity index (χ4n) is 4.68. The average Bonchev–Trinajstić information content (AvgIpc) is 3.60. The third-order valence-corrected chi connectivity index (χ3v) is 8.44. The fraction of sp³-hybridized carbons (Fsp3) is 0.417. The van der Waals surface area contributed by atoms with Crippen molar-refractivity contribution in [2.75, 3.05) is 38.4 Å². The van der Waals surface area contributed by atoms with Gasteiger partial charge in [-0.05, 0) is 37.1 Å². The van der Waals surface area contributed by atoms with E-state index < -0.39 is 48.2 Å². The number of anilines is 1. The first-order valence-electron chi connectivity index (χ1n) is 12.9. The van der Waals surface area contributed by atoms with Crippen molar-refractivity contribution in [1.29, 1.82) is 0 Å². The molecule has 15 nitrogen and oxygen atoms in total. The van der Waals surface area contributed by atoms with Gasteiger partial charge in [0.2, 0.25) is 17.9 Å². The molecule has 18 heteroatoms. The van der Waals surface area contributed by atoms with Crippen LogP contribution in [0.3, 0.4) is 0 Å². The van der Waals surface area contributed by atoms with E-state index in [0.29, 0.717) is 11.2 Å². The number of imidazole rings is 1. The Labute approximate surface area is 246 Å². The summed E-state index contributed by atoms with van der Waals surface area (Å²) in [6.07, 6.45) is 4.46. The Morgan fingerprint density at radius 3 is 2.95 bits per heavy atom. The van der Waals surface area contributed by atoms with Gasteiger partial charge in [0.15, 0.2) is 5.13 Å². The average molecular weight is 619 g/mol. The van der Waals surface area contributed by atoms with Crippen molar-refractivity contribution in [3.05, 3.63) is 41.8 Å². The van der Waals surface area contributed by atoms with Gasteiger partial charge in [-0.3, -0.25) is 14.5 Å². The Balaban J connectivity index is 1.35. The first-order valence-corrected chi connectivity index (χ1v) is 14.7. The third kappa shape index (κ3) is 5.77. The van der Waals surface area contributed by atoms with Gasteiger partial charge in [-0.2, -0.15) is 9.36 Å². The van der Waals surface area contributed by atoms with E-state index in [1.807, 2.05) is 28.3 Å². The van der Waals surface area contributed by atoms with Gasteiger partial charge in [-0.1, -0.05) is 5.16 Å². The zero-order valence-corrected chi connectivity index (χ0v) is 24.0. The number of carbonyl (C=O) groups is 3. The van der Waals surface area contributed by atoms with Gasteiger partial charge in [0.1, 0.15) is 36.8 Å². The highest BCUT2D eigenvalue weighted by atomic mass is 32.2. The molecule has 3 aromatic rings. The number of nitrogens with one attached hydrogen (secondary N) is 2. The van der Waals surface area contributed by atoms with Crippen LogP contribution in [0.25, 0.3) is 11.2 Å². The lowest BCUT2D eigenvalue weighted by Gasteiger charge is -2.50. The normalized spacial score (nSPS) is 18.7. The first-order chi connectivity index (χ1) is 20.3. The molecule has 3 aromatic heterocycles. The Kier molecular flexibility index (Phi) is 8.93. The van der Waals surface area contributed by atoms with Gasteiger partial charge in [0.05, 0.1) is 17.9 Å². The van der Waals surface area contributed by atoms with E-state index in [0.717, 1.165) is 41.5 Å². The number of nitrogens with two attached hydrogens (primary N) is 1. The van der Waals surface area contributed by atoms with Crippen LogP contribution in [0.15, 0.2) is 41.1 Å². The topological polar surface area (TPSA) is 197 Å². The van der Waals surface area contributed by atoms with E-state index in [2.05, 4.69) is 30.1 Å². The number of thioether (sulfide) groups is 1. The molecule has 2 amide bonds. The van der Waals surface area contributed by atoms with Crippen molar-refractivity contribution in [3.63, 3.8) is 0 Å². The molecule has 2 atom stereocenters. The van der Waals surface area contributed by atoms with E-state index in [1.165, 1.54) is 11.8 Å². The van der Waals surface area contributed by atoms with Gasteiger partial charge in [0.25, 0.3) is 11.8 Å². The number of alkyl halides is 1. The lowest BCUT2D eigenvalue weighted by molar-refractivity contribution is -0.664. The summed E-state index contributed by atoms with van der Waals surface area (Å²) >= 11 is 2.11. The van der Waals surface area contributed by atoms with Crippen molar-refractivity contribution in [2.45, 2.75) is 30.9 Å². The van der Waals surface area contributed by atoms with Crippen molar-refractivity contribution in [2.24, 2.45) is 5.16 Å². The number of aryl methyl sites for hydroxylation is 1. The number of amides is 2. The van der Waals surface area contributed by atoms with E-state index >= 15 is 0 Å². The molecule has 1 saturated heterocycles. The van der Waals surface area contributed by atoms with Crippen LogP contribution in [0.1, 0.15) is 12.2 Å². The zero-order chi connectivity index (χ0) is 29.8. The number of carboxylic acids is 1. The number of hydrogen-bond donors (Lipinski definition) is 3. The van der Waals surface area contributed by atoms with Gasteiger partial charge >= 0.3 is 5.65 Å². The Morgan fingerprint density at radius 2 is 2.24 bits per heavy atom. The molecule has 2 aliphatic rings. The van der Waals surface area contributed by atoms with Crippen molar-refractivity contribution < 1.29 is 33.3 Å². The molecule has 2 unspecified atom stereocenters. The summed E-state index contributed by atoms with van der Waals surface area (Å²) in [6.45, 7) is 0.549. The maximum absolute atomic E-state index is 13.2. The van der Waals surface area contributed by atoms with Crippen LogP contribution in [0.4, 0.5) is 9.52 Å². The molecule has 0 radical (unpaired) electrons. The number of aromatic nitrogens is 5. The monoisotopic (exact) mass is 618 g/mol. The van der Waals surface area contributed by atoms with E-state index in [-0.39, 0.29) is 29.0 Å². The lowest BCUT2D eigenvalue weighted by atomic mass is 10.0. The molecule has 222 valence electrons. The SMILES string of the molecule is CNCCCn1cnc2c1ccc[n+]2CC1=C(C(=O)[O-])N2C(=O)C(NC(=O)/C(=N\OCCF)c3nsc(N)n3)C2SC1. The highest BCUT2D eigenvalue weighted by molar-refractivity contribution is 8.00. The molecular formula is C24H27FN10O5S2. The summed E-state index contributed by atoms with van der Waals surface area (Å²) in [5.74, 6) is -2.88. The fourth-order valence-corrected chi connectivity index (χ4v) is 6.45. The number of aliphatic carboxylic acids is 1. The summed E-state index contributed by atoms with van der Waals surface area (Å²) in [5.41, 5.74) is 7.03. The molecule has 0 spiro atoms. The van der Waals surface area contributed by atoms with Crippen LogP contribution in [-0.2, 0) is 32.3 Å². The Morgan fingerprint density at radius 1 is 1.40 bits per heavy atom. The van der Waals surface area contributed by atoms with Gasteiger partial charge in [-0.15, -0.1) is 11.8 Å². The molecular weight excluding hydrogens is 591 g/mol. The summed E-state index contributed by atoms with van der Waals surface area (Å²) in [5, 5.41) is 20.9. The van der Waals surface area contributed by atoms with Crippen LogP contribution < -0.4 is 26.0 Å². The van der Waals surface area contributed by atoms with Gasteiger partial charge in [0, 0.05) is 29.4 Å². The maximum Gasteiger partial charge on any atom is 0.349 e. The molecule has 0 aliphatic carbocycles. The van der Waals surface area contributed by atoms with Gasteiger partial charge in [-0.25, -0.2) is 8.96 Å². The number of nitrogen functional groups attached to an aromatic ring is 1. The van der Waals surface area contributed by atoms with Crippen LogP contribution in [0, 0.1) is 0 Å². The van der Waals surface area contributed by atoms with Gasteiger partial charge < -0.3 is 35.7 Å². The summed E-state index contributed by atoms with van der Waals surface area (Å²) in [6, 6.07) is 2.74. The van der Waals surface area contributed by atoms with E-state index in [4.69, 9.17) is 10.6 Å². The highest BCUT2D eigenvalue weighted by Gasteiger charge is 2.53. The summed E-state index contributed by atoms with van der Waals surface area (Å²) in [4.78, 5) is 52.9. The number of carbonyl (C=O) groups excluding carboxylic acids is 3. The molecule has 1 fully saturated rings. The molecule has 0 saturated carbocycles. The van der Waals surface area contributed by atoms with Crippen LogP contribution in [0.5, 0.6) is 0 Å².